The molecule has 11 heteroatoms. The first-order valence-electron chi connectivity index (χ1n) is 9.83. The van der Waals surface area contributed by atoms with Gasteiger partial charge in [-0.05, 0) is 19.8 Å². The summed E-state index contributed by atoms with van der Waals surface area (Å²) in [5.41, 5.74) is 6.98. The summed E-state index contributed by atoms with van der Waals surface area (Å²) >= 11 is 0. The Morgan fingerprint density at radius 2 is 2.07 bits per heavy atom. The summed E-state index contributed by atoms with van der Waals surface area (Å²) in [7, 11) is 0. The van der Waals surface area contributed by atoms with Crippen LogP contribution >= 0.6 is 0 Å². The molecule has 30 heavy (non-hydrogen) atoms. The summed E-state index contributed by atoms with van der Waals surface area (Å²) < 4.78 is 11.9. The van der Waals surface area contributed by atoms with Crippen LogP contribution in [0.1, 0.15) is 35.8 Å². The lowest BCUT2D eigenvalue weighted by Crippen LogP contribution is -2.42. The first-order chi connectivity index (χ1) is 14.7. The molecule has 1 aliphatic heterocycles. The maximum Gasteiger partial charge on any atom is 0.273 e. The maximum absolute atomic E-state index is 12.8. The number of carbonyl (C=O) groups excluding carboxylic acids is 2. The zero-order valence-electron chi connectivity index (χ0n) is 16.6. The smallest absolute Gasteiger partial charge is 0.273 e. The van der Waals surface area contributed by atoms with E-state index in [4.69, 9.17) is 9.26 Å². The number of ether oxygens (including phenoxy) is 1. The number of fused-ring (bicyclic) bond motifs is 1. The number of aromatic nitrogens is 4. The van der Waals surface area contributed by atoms with Crippen LogP contribution in [0.15, 0.2) is 29.2 Å². The van der Waals surface area contributed by atoms with Crippen molar-refractivity contribution >= 4 is 28.5 Å². The van der Waals surface area contributed by atoms with Crippen molar-refractivity contribution in [3.05, 3.63) is 36.0 Å². The number of aryl methyl sites for hydroxylation is 1. The van der Waals surface area contributed by atoms with E-state index in [0.717, 1.165) is 18.2 Å². The molecule has 0 saturated carbocycles. The fourth-order valence-corrected chi connectivity index (χ4v) is 3.36. The quantitative estimate of drug-likeness (QED) is 0.510. The lowest BCUT2D eigenvalue weighted by molar-refractivity contribution is -0.121. The summed E-state index contributed by atoms with van der Waals surface area (Å²) in [5.74, 6) is -0.888. The zero-order chi connectivity index (χ0) is 20.9. The molecule has 0 atom stereocenters. The number of pyridine rings is 1. The van der Waals surface area contributed by atoms with Crippen molar-refractivity contribution in [1.82, 2.24) is 30.8 Å². The van der Waals surface area contributed by atoms with E-state index >= 15 is 0 Å². The summed E-state index contributed by atoms with van der Waals surface area (Å²) in [6.45, 7) is 3.97. The fourth-order valence-electron chi connectivity index (χ4n) is 3.36. The van der Waals surface area contributed by atoms with Crippen molar-refractivity contribution in [3.63, 3.8) is 0 Å². The Bertz CT molecular complexity index is 1030. The van der Waals surface area contributed by atoms with E-state index in [1.54, 1.807) is 16.9 Å². The van der Waals surface area contributed by atoms with Crippen molar-refractivity contribution < 1.29 is 18.8 Å². The summed E-state index contributed by atoms with van der Waals surface area (Å²) in [4.78, 5) is 29.3. The third-order valence-electron chi connectivity index (χ3n) is 4.93. The predicted molar refractivity (Wildman–Crippen MR) is 106 cm³/mol. The molecular formula is C19H23N7O4. The van der Waals surface area contributed by atoms with Gasteiger partial charge >= 0.3 is 0 Å². The highest BCUT2D eigenvalue weighted by molar-refractivity contribution is 6.06. The predicted octanol–water partition coefficient (Wildman–Crippen LogP) is 1.03. The number of nitrogens with zero attached hydrogens (tertiary/aromatic N) is 4. The molecule has 0 unspecified atom stereocenters. The molecule has 0 spiro atoms. The molecule has 4 heterocycles. The fraction of sp³-hybridized carbons (Fsp3) is 0.421. The van der Waals surface area contributed by atoms with Crippen molar-refractivity contribution in [2.24, 2.45) is 0 Å². The normalized spacial score (nSPS) is 14.6. The Labute approximate surface area is 172 Å². The van der Waals surface area contributed by atoms with Crippen LogP contribution in [-0.2, 0) is 22.5 Å². The maximum atomic E-state index is 12.8. The monoisotopic (exact) mass is 413 g/mol. The van der Waals surface area contributed by atoms with E-state index in [-0.39, 0.29) is 12.5 Å². The van der Waals surface area contributed by atoms with Crippen LogP contribution in [0.4, 0.5) is 5.69 Å². The summed E-state index contributed by atoms with van der Waals surface area (Å²) in [6.07, 6.45) is 6.24. The number of carbonyl (C=O) groups is 2. The molecule has 1 aliphatic rings. The van der Waals surface area contributed by atoms with Crippen molar-refractivity contribution in [2.45, 2.75) is 38.8 Å². The number of hydrogen-bond donors (Lipinski definition) is 3. The largest absolute Gasteiger partial charge is 0.381 e. The minimum Gasteiger partial charge on any atom is -0.381 e. The van der Waals surface area contributed by atoms with Gasteiger partial charge < -0.3 is 14.6 Å². The molecule has 0 radical (unpaired) electrons. The molecule has 3 aromatic rings. The van der Waals surface area contributed by atoms with E-state index < -0.39 is 11.8 Å². The molecule has 0 bridgehead atoms. The molecule has 1 fully saturated rings. The third-order valence-corrected chi connectivity index (χ3v) is 4.93. The van der Waals surface area contributed by atoms with E-state index in [9.17, 15) is 9.59 Å². The molecular weight excluding hydrogens is 390 g/mol. The van der Waals surface area contributed by atoms with Gasteiger partial charge in [-0.3, -0.25) is 20.4 Å². The van der Waals surface area contributed by atoms with E-state index in [1.165, 1.54) is 12.5 Å². The average molecular weight is 413 g/mol. The van der Waals surface area contributed by atoms with E-state index in [1.807, 2.05) is 6.92 Å². The third kappa shape index (κ3) is 4.25. The lowest BCUT2D eigenvalue weighted by Gasteiger charge is -2.25. The van der Waals surface area contributed by atoms with Gasteiger partial charge in [-0.1, -0.05) is 5.16 Å². The second-order valence-corrected chi connectivity index (χ2v) is 6.95. The number of amides is 2. The van der Waals surface area contributed by atoms with E-state index in [0.29, 0.717) is 42.4 Å². The summed E-state index contributed by atoms with van der Waals surface area (Å²) in [6, 6.07) is 1.75. The van der Waals surface area contributed by atoms with E-state index in [2.05, 4.69) is 31.4 Å². The topological polar surface area (TPSA) is 136 Å². The molecule has 4 rings (SSSR count). The highest BCUT2D eigenvalue weighted by Crippen LogP contribution is 2.28. The van der Waals surface area contributed by atoms with Crippen molar-refractivity contribution in [3.8, 4) is 0 Å². The van der Waals surface area contributed by atoms with Gasteiger partial charge in [-0.15, -0.1) is 0 Å². The van der Waals surface area contributed by atoms with Crippen LogP contribution in [0.2, 0.25) is 0 Å². The SMILES string of the molecule is CCn1ncc2c(NC3CCOCC3)c(C(=O)NNC(=O)Cc3ccon3)cnc21. The van der Waals surface area contributed by atoms with Gasteiger partial charge in [0.15, 0.2) is 5.65 Å². The molecule has 158 valence electrons. The van der Waals surface area contributed by atoms with Gasteiger partial charge in [0.25, 0.3) is 5.91 Å². The van der Waals surface area contributed by atoms with Gasteiger partial charge in [0.05, 0.1) is 34.9 Å². The number of rotatable bonds is 6. The van der Waals surface area contributed by atoms with Crippen LogP contribution in [0.5, 0.6) is 0 Å². The Morgan fingerprint density at radius 3 is 2.80 bits per heavy atom. The Morgan fingerprint density at radius 1 is 1.23 bits per heavy atom. The Balaban J connectivity index is 1.54. The molecule has 11 nitrogen and oxygen atoms in total. The Hall–Kier alpha value is -3.47. The minimum absolute atomic E-state index is 0.00941. The lowest BCUT2D eigenvalue weighted by atomic mass is 10.1. The van der Waals surface area contributed by atoms with Crippen molar-refractivity contribution in [2.75, 3.05) is 18.5 Å². The highest BCUT2D eigenvalue weighted by atomic mass is 16.5. The molecule has 1 saturated heterocycles. The Kier molecular flexibility index (Phi) is 5.89. The highest BCUT2D eigenvalue weighted by Gasteiger charge is 2.22. The van der Waals surface area contributed by atoms with Crippen LogP contribution < -0.4 is 16.2 Å². The van der Waals surface area contributed by atoms with Gasteiger partial charge in [0.1, 0.15) is 6.26 Å². The van der Waals surface area contributed by atoms with Crippen LogP contribution in [0.3, 0.4) is 0 Å². The second kappa shape index (κ2) is 8.91. The second-order valence-electron chi connectivity index (χ2n) is 6.95. The van der Waals surface area contributed by atoms with Crippen LogP contribution in [-0.4, -0.2) is 51.0 Å². The number of hydrogen-bond acceptors (Lipinski definition) is 8. The number of anilines is 1. The van der Waals surface area contributed by atoms with Crippen molar-refractivity contribution in [1.29, 1.82) is 0 Å². The van der Waals surface area contributed by atoms with Crippen LogP contribution in [0, 0.1) is 0 Å². The van der Waals surface area contributed by atoms with Gasteiger partial charge in [-0.2, -0.15) is 5.10 Å². The average Bonchev–Trinajstić information content (AvgIpc) is 3.42. The van der Waals surface area contributed by atoms with Gasteiger partial charge in [0, 0.05) is 38.1 Å². The van der Waals surface area contributed by atoms with Crippen LogP contribution in [0.25, 0.3) is 11.0 Å². The molecule has 2 amide bonds. The molecule has 0 aromatic carbocycles. The van der Waals surface area contributed by atoms with Gasteiger partial charge in [-0.25, -0.2) is 9.67 Å². The number of nitrogens with one attached hydrogen (secondary N) is 3. The minimum atomic E-state index is -0.475. The first-order valence-corrected chi connectivity index (χ1v) is 9.83. The zero-order valence-corrected chi connectivity index (χ0v) is 16.6. The number of hydrazine groups is 1. The molecule has 0 aliphatic carbocycles. The standard InChI is InChI=1S/C19H23N7O4/c1-2-26-18-14(11-21-26)17(22-12-3-6-29-7-4-12)15(10-20-18)19(28)24-23-16(27)9-13-5-8-30-25-13/h5,8,10-12H,2-4,6-7,9H2,1H3,(H,20,22)(H,23,27)(H,24,28). The summed E-state index contributed by atoms with van der Waals surface area (Å²) in [5, 5.41) is 12.3. The molecule has 3 N–H and O–H groups in total. The molecule has 3 aromatic heterocycles. The van der Waals surface area contributed by atoms with Gasteiger partial charge in [0.2, 0.25) is 5.91 Å². The first kappa shape index (κ1) is 19.8.